The summed E-state index contributed by atoms with van der Waals surface area (Å²) in [5.74, 6) is -0.729. The van der Waals surface area contributed by atoms with Crippen molar-refractivity contribution in [2.75, 3.05) is 6.61 Å². The lowest BCUT2D eigenvalue weighted by molar-refractivity contribution is -0.219. The van der Waals surface area contributed by atoms with Gasteiger partial charge in [0.15, 0.2) is 12.1 Å². The molecular formula is C13H25NO5. The summed E-state index contributed by atoms with van der Waals surface area (Å²) in [5.41, 5.74) is 5.75. The number of hydrogen-bond donors (Lipinski definition) is 2. The summed E-state index contributed by atoms with van der Waals surface area (Å²) in [6.07, 6.45) is -2.38. The Kier molecular flexibility index (Phi) is 3.94. The molecule has 5 atom stereocenters. The van der Waals surface area contributed by atoms with Crippen LogP contribution in [0.2, 0.25) is 0 Å². The molecule has 0 amide bonds. The molecule has 0 radical (unpaired) electrons. The zero-order valence-corrected chi connectivity index (χ0v) is 12.3. The van der Waals surface area contributed by atoms with Crippen LogP contribution in [0.3, 0.4) is 0 Å². The number of rotatable bonds is 3. The Hall–Kier alpha value is -0.240. The van der Waals surface area contributed by atoms with Crippen molar-refractivity contribution >= 4 is 0 Å². The van der Waals surface area contributed by atoms with Crippen molar-refractivity contribution in [3.8, 4) is 0 Å². The molecule has 0 unspecified atom stereocenters. The third kappa shape index (κ3) is 3.45. The molecule has 0 bridgehead atoms. The summed E-state index contributed by atoms with van der Waals surface area (Å²) in [7, 11) is 0. The Morgan fingerprint density at radius 3 is 2.47 bits per heavy atom. The van der Waals surface area contributed by atoms with E-state index in [0.717, 1.165) is 0 Å². The maximum absolute atomic E-state index is 10.2. The van der Waals surface area contributed by atoms with Crippen molar-refractivity contribution in [3.05, 3.63) is 0 Å². The monoisotopic (exact) mass is 275 g/mol. The first-order chi connectivity index (χ1) is 8.59. The largest absolute Gasteiger partial charge is 0.387 e. The first-order valence-corrected chi connectivity index (χ1v) is 6.68. The van der Waals surface area contributed by atoms with Crippen LogP contribution >= 0.6 is 0 Å². The van der Waals surface area contributed by atoms with Crippen LogP contribution in [0.5, 0.6) is 0 Å². The molecule has 19 heavy (non-hydrogen) atoms. The number of aliphatic hydroxyl groups excluding tert-OH is 1. The van der Waals surface area contributed by atoms with Crippen LogP contribution in [0.25, 0.3) is 0 Å². The molecule has 2 rings (SSSR count). The van der Waals surface area contributed by atoms with E-state index in [0.29, 0.717) is 6.61 Å². The first kappa shape index (κ1) is 15.2. The average Bonchev–Trinajstić information content (AvgIpc) is 2.69. The van der Waals surface area contributed by atoms with Crippen LogP contribution in [0.1, 0.15) is 34.6 Å². The SMILES string of the molecule is CC(C)(C)OC[C@@H](N)[C@@H]1O[C@H]2OC(C)(C)O[C@H]2[C@@H]1O. The molecule has 0 aromatic carbocycles. The minimum Gasteiger partial charge on any atom is -0.387 e. The van der Waals surface area contributed by atoms with Gasteiger partial charge < -0.3 is 29.8 Å². The van der Waals surface area contributed by atoms with Gasteiger partial charge in [-0.3, -0.25) is 0 Å². The van der Waals surface area contributed by atoms with Crippen LogP contribution in [0, 0.1) is 0 Å². The van der Waals surface area contributed by atoms with Gasteiger partial charge in [0.2, 0.25) is 0 Å². The van der Waals surface area contributed by atoms with Gasteiger partial charge in [0, 0.05) is 0 Å². The molecule has 6 heteroatoms. The standard InChI is InChI=1S/C13H25NO5/c1-12(2,3)16-6-7(14)9-8(15)10-11(17-9)19-13(4,5)18-10/h7-11,15H,6,14H2,1-5H3/t7-,8-,9+,10+,11+/m1/s1. The number of nitrogens with two attached hydrogens (primary N) is 1. The quantitative estimate of drug-likeness (QED) is 0.774. The topological polar surface area (TPSA) is 83.2 Å². The molecule has 0 aliphatic carbocycles. The van der Waals surface area contributed by atoms with E-state index in [1.165, 1.54) is 0 Å². The lowest BCUT2D eigenvalue weighted by Gasteiger charge is -2.28. The summed E-state index contributed by atoms with van der Waals surface area (Å²) in [5, 5.41) is 10.2. The normalized spacial score (nSPS) is 39.3. The van der Waals surface area contributed by atoms with E-state index < -0.39 is 36.4 Å². The van der Waals surface area contributed by atoms with Gasteiger partial charge in [-0.1, -0.05) is 0 Å². The molecule has 2 heterocycles. The second-order valence-electron chi connectivity index (χ2n) is 6.65. The smallest absolute Gasteiger partial charge is 0.190 e. The lowest BCUT2D eigenvalue weighted by Crippen LogP contribution is -2.48. The number of ether oxygens (including phenoxy) is 4. The molecular weight excluding hydrogens is 250 g/mol. The van der Waals surface area contributed by atoms with E-state index in [-0.39, 0.29) is 5.60 Å². The van der Waals surface area contributed by atoms with Crippen LogP contribution in [-0.2, 0) is 18.9 Å². The van der Waals surface area contributed by atoms with Crippen molar-refractivity contribution in [2.45, 2.75) is 76.7 Å². The predicted octanol–water partition coefficient (Wildman–Crippen LogP) is 0.366. The van der Waals surface area contributed by atoms with Gasteiger partial charge in [0.25, 0.3) is 0 Å². The molecule has 0 spiro atoms. The van der Waals surface area contributed by atoms with Crippen molar-refractivity contribution < 1.29 is 24.1 Å². The van der Waals surface area contributed by atoms with E-state index in [9.17, 15) is 5.11 Å². The highest BCUT2D eigenvalue weighted by atomic mass is 16.8. The lowest BCUT2D eigenvalue weighted by atomic mass is 10.0. The van der Waals surface area contributed by atoms with Crippen LogP contribution < -0.4 is 5.73 Å². The van der Waals surface area contributed by atoms with Gasteiger partial charge in [-0.25, -0.2) is 0 Å². The molecule has 2 aliphatic rings. The second kappa shape index (κ2) is 4.95. The van der Waals surface area contributed by atoms with Crippen molar-refractivity contribution in [1.29, 1.82) is 0 Å². The zero-order chi connectivity index (χ0) is 14.4. The van der Waals surface area contributed by atoms with Gasteiger partial charge in [-0.2, -0.15) is 0 Å². The van der Waals surface area contributed by atoms with E-state index >= 15 is 0 Å². The Morgan fingerprint density at radius 2 is 1.95 bits per heavy atom. The molecule has 112 valence electrons. The fraction of sp³-hybridized carbons (Fsp3) is 1.00. The van der Waals surface area contributed by atoms with E-state index in [4.69, 9.17) is 24.7 Å². The van der Waals surface area contributed by atoms with Crippen molar-refractivity contribution in [2.24, 2.45) is 5.73 Å². The van der Waals surface area contributed by atoms with Gasteiger partial charge in [-0.15, -0.1) is 0 Å². The van der Waals surface area contributed by atoms with Crippen molar-refractivity contribution in [1.82, 2.24) is 0 Å². The highest BCUT2D eigenvalue weighted by Gasteiger charge is 2.55. The Labute approximate surface area is 114 Å². The minimum absolute atomic E-state index is 0.272. The first-order valence-electron chi connectivity index (χ1n) is 6.68. The second-order valence-corrected chi connectivity index (χ2v) is 6.65. The Bertz CT molecular complexity index is 327. The summed E-state index contributed by atoms with van der Waals surface area (Å²) >= 11 is 0. The molecule has 0 aromatic rings. The minimum atomic E-state index is -0.801. The number of fused-ring (bicyclic) bond motifs is 1. The molecule has 0 aromatic heterocycles. The predicted molar refractivity (Wildman–Crippen MR) is 68.4 cm³/mol. The molecule has 3 N–H and O–H groups in total. The molecule has 0 saturated carbocycles. The van der Waals surface area contributed by atoms with Gasteiger partial charge in [-0.05, 0) is 34.6 Å². The third-order valence-electron chi connectivity index (χ3n) is 3.18. The van der Waals surface area contributed by atoms with Gasteiger partial charge in [0.05, 0.1) is 18.2 Å². The summed E-state index contributed by atoms with van der Waals surface area (Å²) in [4.78, 5) is 0. The number of hydrogen-bond acceptors (Lipinski definition) is 6. The summed E-state index contributed by atoms with van der Waals surface area (Å²) in [6.45, 7) is 9.76. The number of aliphatic hydroxyl groups is 1. The van der Waals surface area contributed by atoms with E-state index in [2.05, 4.69) is 0 Å². The van der Waals surface area contributed by atoms with Crippen LogP contribution in [0.15, 0.2) is 0 Å². The molecule has 2 fully saturated rings. The highest BCUT2D eigenvalue weighted by molar-refractivity contribution is 4.97. The summed E-state index contributed by atoms with van der Waals surface area (Å²) < 4.78 is 22.5. The Morgan fingerprint density at radius 1 is 1.32 bits per heavy atom. The van der Waals surface area contributed by atoms with Crippen LogP contribution in [-0.4, -0.2) is 53.7 Å². The van der Waals surface area contributed by atoms with Gasteiger partial charge >= 0.3 is 0 Å². The van der Waals surface area contributed by atoms with Crippen LogP contribution in [0.4, 0.5) is 0 Å². The van der Waals surface area contributed by atoms with E-state index in [1.807, 2.05) is 20.8 Å². The molecule has 2 aliphatic heterocycles. The maximum Gasteiger partial charge on any atom is 0.190 e. The average molecular weight is 275 g/mol. The molecule has 2 saturated heterocycles. The Balaban J connectivity index is 1.91. The van der Waals surface area contributed by atoms with Crippen molar-refractivity contribution in [3.63, 3.8) is 0 Å². The maximum atomic E-state index is 10.2. The fourth-order valence-electron chi connectivity index (χ4n) is 2.31. The highest BCUT2D eigenvalue weighted by Crippen LogP contribution is 2.38. The summed E-state index contributed by atoms with van der Waals surface area (Å²) in [6, 6.07) is -0.421. The van der Waals surface area contributed by atoms with Gasteiger partial charge in [0.1, 0.15) is 18.3 Å². The fourth-order valence-corrected chi connectivity index (χ4v) is 2.31. The van der Waals surface area contributed by atoms with E-state index in [1.54, 1.807) is 13.8 Å². The molecule has 6 nitrogen and oxygen atoms in total. The zero-order valence-electron chi connectivity index (χ0n) is 12.3. The third-order valence-corrected chi connectivity index (χ3v) is 3.18.